The Balaban J connectivity index is 3.91. The van der Waals surface area contributed by atoms with Crippen molar-refractivity contribution in [1.29, 1.82) is 0 Å². The van der Waals surface area contributed by atoms with Crippen LogP contribution < -0.4 is 0 Å². The van der Waals surface area contributed by atoms with Crippen molar-refractivity contribution in [2.45, 2.75) is 200 Å². The lowest BCUT2D eigenvalue weighted by Crippen LogP contribution is -2.18. The number of allylic oxidation sites excluding steroid dienone is 2. The number of unbranched alkanes of at least 4 members (excludes halogenated alkanes) is 20. The molecular formula is C35H66O4. The van der Waals surface area contributed by atoms with E-state index in [-0.39, 0.29) is 18.5 Å². The molecule has 0 spiro atoms. The Morgan fingerprint density at radius 1 is 0.538 bits per heavy atom. The van der Waals surface area contributed by atoms with Crippen molar-refractivity contribution in [2.24, 2.45) is 0 Å². The number of ether oxygens (including phenoxy) is 1. The smallest absolute Gasteiger partial charge is 0.306 e. The number of carboxylic acids is 1. The van der Waals surface area contributed by atoms with Gasteiger partial charge in [0.05, 0.1) is 0 Å². The summed E-state index contributed by atoms with van der Waals surface area (Å²) in [6.07, 6.45) is 36.5. The van der Waals surface area contributed by atoms with Crippen LogP contribution in [0.1, 0.15) is 194 Å². The van der Waals surface area contributed by atoms with Crippen LogP contribution in [0.2, 0.25) is 0 Å². The van der Waals surface area contributed by atoms with Crippen molar-refractivity contribution in [2.75, 3.05) is 0 Å². The summed E-state index contributed by atoms with van der Waals surface area (Å²) in [6.45, 7) is 4.51. The number of carbonyl (C=O) groups is 2. The molecule has 1 atom stereocenters. The Labute approximate surface area is 243 Å². The highest BCUT2D eigenvalue weighted by Gasteiger charge is 2.14. The van der Waals surface area contributed by atoms with Crippen molar-refractivity contribution in [3.63, 3.8) is 0 Å². The van der Waals surface area contributed by atoms with Crippen LogP contribution in [0.4, 0.5) is 0 Å². The molecule has 0 fully saturated rings. The van der Waals surface area contributed by atoms with Gasteiger partial charge in [0.2, 0.25) is 0 Å². The van der Waals surface area contributed by atoms with E-state index in [1.54, 1.807) is 0 Å². The molecule has 0 aliphatic heterocycles. The Morgan fingerprint density at radius 2 is 0.923 bits per heavy atom. The van der Waals surface area contributed by atoms with Gasteiger partial charge < -0.3 is 9.84 Å². The molecule has 0 rings (SSSR count). The number of carboxylic acid groups (broad SMARTS) is 1. The standard InChI is InChI=1S/C35H66O4/c1-3-5-7-9-11-12-13-14-15-16-17-18-19-24-28-32-35(38)39-33(29-25-21-10-8-6-4-2)30-26-22-20-23-27-31-34(36)37/h14-15,33H,3-13,16-32H2,1-2H3,(H,36,37)/b15-14-. The molecule has 4 nitrogen and oxygen atoms in total. The largest absolute Gasteiger partial charge is 0.481 e. The van der Waals surface area contributed by atoms with E-state index in [1.807, 2.05) is 0 Å². The van der Waals surface area contributed by atoms with Crippen LogP contribution in [0.25, 0.3) is 0 Å². The Hall–Kier alpha value is -1.32. The fourth-order valence-corrected chi connectivity index (χ4v) is 5.18. The third-order valence-electron chi connectivity index (χ3n) is 7.74. The summed E-state index contributed by atoms with van der Waals surface area (Å²) in [4.78, 5) is 23.1. The minimum Gasteiger partial charge on any atom is -0.481 e. The van der Waals surface area contributed by atoms with Crippen LogP contribution in [-0.4, -0.2) is 23.1 Å². The Morgan fingerprint density at radius 3 is 1.38 bits per heavy atom. The first kappa shape index (κ1) is 37.7. The van der Waals surface area contributed by atoms with Crippen molar-refractivity contribution in [1.82, 2.24) is 0 Å². The Bertz CT molecular complexity index is 557. The van der Waals surface area contributed by atoms with Crippen molar-refractivity contribution >= 4 is 11.9 Å². The third kappa shape index (κ3) is 31.1. The SMILES string of the molecule is CCCCCCCC/C=C\CCCCCCCC(=O)OC(CCCCCCCC)CCCCCCCC(=O)O. The molecule has 0 saturated carbocycles. The number of aliphatic carboxylic acids is 1. The fraction of sp³-hybridized carbons (Fsp3) is 0.886. The predicted octanol–water partition coefficient (Wildman–Crippen LogP) is 11.5. The van der Waals surface area contributed by atoms with Gasteiger partial charge in [0.1, 0.15) is 6.10 Å². The number of esters is 1. The molecule has 0 amide bonds. The highest BCUT2D eigenvalue weighted by molar-refractivity contribution is 5.69. The lowest BCUT2D eigenvalue weighted by molar-refractivity contribution is -0.150. The first-order valence-corrected chi connectivity index (χ1v) is 17.2. The van der Waals surface area contributed by atoms with Gasteiger partial charge >= 0.3 is 11.9 Å². The summed E-state index contributed by atoms with van der Waals surface area (Å²) < 4.78 is 5.93. The third-order valence-corrected chi connectivity index (χ3v) is 7.74. The molecule has 0 aromatic heterocycles. The van der Waals surface area contributed by atoms with Gasteiger partial charge in [0.25, 0.3) is 0 Å². The summed E-state index contributed by atoms with van der Waals surface area (Å²) in [5, 5.41) is 8.76. The topological polar surface area (TPSA) is 63.6 Å². The summed E-state index contributed by atoms with van der Waals surface area (Å²) in [5.74, 6) is -0.711. The summed E-state index contributed by atoms with van der Waals surface area (Å²) in [7, 11) is 0. The second-order valence-corrected chi connectivity index (χ2v) is 11.7. The lowest BCUT2D eigenvalue weighted by atomic mass is 10.0. The first-order valence-electron chi connectivity index (χ1n) is 17.2. The van der Waals surface area contributed by atoms with Crippen molar-refractivity contribution in [3.8, 4) is 0 Å². The number of hydrogen-bond donors (Lipinski definition) is 1. The lowest BCUT2D eigenvalue weighted by Gasteiger charge is -2.18. The average molecular weight is 551 g/mol. The fourth-order valence-electron chi connectivity index (χ4n) is 5.18. The molecule has 0 radical (unpaired) electrons. The van der Waals surface area contributed by atoms with E-state index in [9.17, 15) is 9.59 Å². The van der Waals surface area contributed by atoms with Crippen molar-refractivity contribution in [3.05, 3.63) is 12.2 Å². The van der Waals surface area contributed by atoms with Crippen LogP contribution in [0.5, 0.6) is 0 Å². The summed E-state index contributed by atoms with van der Waals surface area (Å²) in [5.41, 5.74) is 0. The molecule has 0 saturated heterocycles. The molecule has 39 heavy (non-hydrogen) atoms. The zero-order valence-corrected chi connectivity index (χ0v) is 26.2. The second kappa shape index (κ2) is 31.2. The number of hydrogen-bond acceptors (Lipinski definition) is 3. The van der Waals surface area contributed by atoms with E-state index in [0.717, 1.165) is 64.2 Å². The molecule has 230 valence electrons. The highest BCUT2D eigenvalue weighted by atomic mass is 16.5. The molecule has 0 bridgehead atoms. The van der Waals surface area contributed by atoms with Crippen LogP contribution in [0, 0.1) is 0 Å². The van der Waals surface area contributed by atoms with E-state index in [2.05, 4.69) is 26.0 Å². The normalized spacial score (nSPS) is 12.3. The van der Waals surface area contributed by atoms with Crippen LogP contribution >= 0.6 is 0 Å². The molecule has 1 unspecified atom stereocenters. The van der Waals surface area contributed by atoms with E-state index in [4.69, 9.17) is 9.84 Å². The van der Waals surface area contributed by atoms with Crippen LogP contribution in [0.15, 0.2) is 12.2 Å². The van der Waals surface area contributed by atoms with Gasteiger partial charge in [-0.15, -0.1) is 0 Å². The minimum absolute atomic E-state index is 0.00920. The highest BCUT2D eigenvalue weighted by Crippen LogP contribution is 2.18. The molecular weight excluding hydrogens is 484 g/mol. The Kier molecular flexibility index (Phi) is 30.2. The predicted molar refractivity (Wildman–Crippen MR) is 167 cm³/mol. The molecule has 0 aliphatic carbocycles. The molecule has 1 N–H and O–H groups in total. The van der Waals surface area contributed by atoms with E-state index in [0.29, 0.717) is 6.42 Å². The number of rotatable bonds is 31. The van der Waals surface area contributed by atoms with E-state index in [1.165, 1.54) is 103 Å². The summed E-state index contributed by atoms with van der Waals surface area (Å²) >= 11 is 0. The van der Waals surface area contributed by atoms with Crippen LogP contribution in [-0.2, 0) is 14.3 Å². The van der Waals surface area contributed by atoms with Gasteiger partial charge in [-0.1, -0.05) is 129 Å². The maximum Gasteiger partial charge on any atom is 0.306 e. The number of carbonyl (C=O) groups excluding carboxylic acids is 1. The molecule has 0 aliphatic rings. The van der Waals surface area contributed by atoms with E-state index < -0.39 is 5.97 Å². The molecule has 0 heterocycles. The van der Waals surface area contributed by atoms with Gasteiger partial charge in [0, 0.05) is 12.8 Å². The van der Waals surface area contributed by atoms with E-state index >= 15 is 0 Å². The average Bonchev–Trinajstić information content (AvgIpc) is 2.91. The minimum atomic E-state index is -0.702. The maximum absolute atomic E-state index is 12.5. The van der Waals surface area contributed by atoms with Gasteiger partial charge in [-0.3, -0.25) is 9.59 Å². The first-order chi connectivity index (χ1) is 19.1. The van der Waals surface area contributed by atoms with Crippen LogP contribution in [0.3, 0.4) is 0 Å². The monoisotopic (exact) mass is 550 g/mol. The molecule has 0 aromatic carbocycles. The van der Waals surface area contributed by atoms with Gasteiger partial charge in [0.15, 0.2) is 0 Å². The zero-order valence-electron chi connectivity index (χ0n) is 26.2. The quantitative estimate of drug-likeness (QED) is 0.0529. The van der Waals surface area contributed by atoms with Gasteiger partial charge in [-0.05, 0) is 64.2 Å². The molecule has 4 heteroatoms. The maximum atomic E-state index is 12.5. The van der Waals surface area contributed by atoms with Gasteiger partial charge in [-0.2, -0.15) is 0 Å². The second-order valence-electron chi connectivity index (χ2n) is 11.7. The van der Waals surface area contributed by atoms with Crippen molar-refractivity contribution < 1.29 is 19.4 Å². The zero-order chi connectivity index (χ0) is 28.7. The molecule has 0 aromatic rings. The summed E-state index contributed by atoms with van der Waals surface area (Å²) in [6, 6.07) is 0. The van der Waals surface area contributed by atoms with Gasteiger partial charge in [-0.25, -0.2) is 0 Å².